The molecule has 27 heavy (non-hydrogen) atoms. The van der Waals surface area contributed by atoms with Crippen LogP contribution >= 0.6 is 27.3 Å². The van der Waals surface area contributed by atoms with Gasteiger partial charge in [-0.05, 0) is 46.8 Å². The van der Waals surface area contributed by atoms with E-state index in [0.29, 0.717) is 22.3 Å². The van der Waals surface area contributed by atoms with Crippen LogP contribution in [-0.4, -0.2) is 50.0 Å². The predicted octanol–water partition coefficient (Wildman–Crippen LogP) is 3.12. The Morgan fingerprint density at radius 3 is 2.96 bits per heavy atom. The summed E-state index contributed by atoms with van der Waals surface area (Å²) in [4.78, 5) is 15.7. The summed E-state index contributed by atoms with van der Waals surface area (Å²) in [6, 6.07) is 5.56. The van der Waals surface area contributed by atoms with Gasteiger partial charge >= 0.3 is 0 Å². The smallest absolute Gasteiger partial charge is 0.264 e. The van der Waals surface area contributed by atoms with Crippen molar-refractivity contribution in [2.45, 2.75) is 18.9 Å². The Labute approximate surface area is 168 Å². The number of fused-ring (bicyclic) bond motifs is 2. The molecule has 0 N–H and O–H groups in total. The van der Waals surface area contributed by atoms with Gasteiger partial charge in [-0.25, -0.2) is 0 Å². The standard InChI is InChI=1S/C18H18BrN5O2S/c1-23-9-15-12(22-23)6-14(27-15)18(25)24-7-10-2-3-13(11(10)8-24)26-17-5-4-16(19)20-21-17/h4-6,9-11,13H,2-3,7-8H2,1H3/t10-,11+,13+/m0/s1. The summed E-state index contributed by atoms with van der Waals surface area (Å²) in [6.07, 6.45) is 4.13. The molecule has 1 saturated heterocycles. The highest BCUT2D eigenvalue weighted by atomic mass is 79.9. The fraction of sp³-hybridized carbons (Fsp3) is 0.444. The summed E-state index contributed by atoms with van der Waals surface area (Å²) < 4.78 is 9.61. The van der Waals surface area contributed by atoms with Gasteiger partial charge in [0.25, 0.3) is 5.91 Å². The van der Waals surface area contributed by atoms with Gasteiger partial charge in [-0.1, -0.05) is 0 Å². The van der Waals surface area contributed by atoms with Crippen LogP contribution in [0.2, 0.25) is 0 Å². The lowest BCUT2D eigenvalue weighted by molar-refractivity contribution is 0.0765. The van der Waals surface area contributed by atoms with Gasteiger partial charge in [-0.15, -0.1) is 21.5 Å². The molecule has 4 heterocycles. The van der Waals surface area contributed by atoms with Crippen LogP contribution in [0.4, 0.5) is 0 Å². The van der Waals surface area contributed by atoms with Crippen molar-refractivity contribution in [1.82, 2.24) is 24.9 Å². The van der Waals surface area contributed by atoms with Crippen LogP contribution in [0.1, 0.15) is 22.5 Å². The summed E-state index contributed by atoms with van der Waals surface area (Å²) >= 11 is 4.80. The summed E-state index contributed by atoms with van der Waals surface area (Å²) in [6.45, 7) is 1.54. The minimum absolute atomic E-state index is 0.0913. The molecule has 1 aliphatic heterocycles. The zero-order valence-corrected chi connectivity index (χ0v) is 17.1. The van der Waals surface area contributed by atoms with Crippen molar-refractivity contribution in [3.05, 3.63) is 33.9 Å². The molecule has 9 heteroatoms. The molecular weight excluding hydrogens is 430 g/mol. The molecule has 2 aliphatic rings. The zero-order chi connectivity index (χ0) is 18.5. The third-order valence-electron chi connectivity index (χ3n) is 5.48. The van der Waals surface area contributed by atoms with Gasteiger partial charge in [0.1, 0.15) is 16.2 Å². The van der Waals surface area contributed by atoms with Crippen molar-refractivity contribution in [3.63, 3.8) is 0 Å². The molecular formula is C18H18BrN5O2S. The first-order valence-corrected chi connectivity index (χ1v) is 10.6. The Balaban J connectivity index is 1.29. The normalized spacial score (nSPS) is 24.5. The fourth-order valence-electron chi connectivity index (χ4n) is 4.25. The van der Waals surface area contributed by atoms with Gasteiger partial charge in [0.05, 0.1) is 9.58 Å². The maximum atomic E-state index is 13.0. The van der Waals surface area contributed by atoms with E-state index in [4.69, 9.17) is 4.74 Å². The van der Waals surface area contributed by atoms with Gasteiger partial charge in [-0.3, -0.25) is 9.48 Å². The molecule has 0 radical (unpaired) electrons. The van der Waals surface area contributed by atoms with E-state index in [0.717, 1.165) is 41.0 Å². The zero-order valence-electron chi connectivity index (χ0n) is 14.7. The number of hydrogen-bond donors (Lipinski definition) is 0. The third-order valence-corrected chi connectivity index (χ3v) is 6.95. The monoisotopic (exact) mass is 447 g/mol. The Morgan fingerprint density at radius 2 is 2.19 bits per heavy atom. The molecule has 0 unspecified atom stereocenters. The number of halogens is 1. The highest BCUT2D eigenvalue weighted by Gasteiger charge is 2.45. The second-order valence-corrected chi connectivity index (χ2v) is 9.12. The fourth-order valence-corrected chi connectivity index (χ4v) is 5.49. The van der Waals surface area contributed by atoms with E-state index < -0.39 is 0 Å². The number of carbonyl (C=O) groups excluding carboxylic acids is 1. The molecule has 1 aliphatic carbocycles. The number of ether oxygens (including phenoxy) is 1. The van der Waals surface area contributed by atoms with Crippen molar-refractivity contribution >= 4 is 43.4 Å². The number of thiophene rings is 1. The predicted molar refractivity (Wildman–Crippen MR) is 105 cm³/mol. The number of hydrogen-bond acceptors (Lipinski definition) is 6. The maximum absolute atomic E-state index is 13.0. The molecule has 140 valence electrons. The van der Waals surface area contributed by atoms with E-state index in [9.17, 15) is 4.79 Å². The Hall–Kier alpha value is -2.00. The van der Waals surface area contributed by atoms with E-state index in [1.807, 2.05) is 36.3 Å². The molecule has 3 atom stereocenters. The van der Waals surface area contributed by atoms with Crippen LogP contribution < -0.4 is 4.74 Å². The highest BCUT2D eigenvalue weighted by molar-refractivity contribution is 9.10. The second kappa shape index (κ2) is 6.56. The minimum Gasteiger partial charge on any atom is -0.473 e. The highest BCUT2D eigenvalue weighted by Crippen LogP contribution is 2.41. The summed E-state index contributed by atoms with van der Waals surface area (Å²) in [5.74, 6) is 1.51. The van der Waals surface area contributed by atoms with E-state index in [1.165, 1.54) is 11.3 Å². The van der Waals surface area contributed by atoms with Gasteiger partial charge in [0.15, 0.2) is 0 Å². The van der Waals surface area contributed by atoms with Gasteiger partial charge in [-0.2, -0.15) is 5.10 Å². The van der Waals surface area contributed by atoms with Gasteiger partial charge < -0.3 is 9.64 Å². The van der Waals surface area contributed by atoms with Crippen LogP contribution in [0, 0.1) is 11.8 Å². The average Bonchev–Trinajstić information content (AvgIpc) is 3.37. The first-order chi connectivity index (χ1) is 13.1. The minimum atomic E-state index is 0.0913. The van der Waals surface area contributed by atoms with Crippen LogP contribution in [0.3, 0.4) is 0 Å². The van der Waals surface area contributed by atoms with Gasteiger partial charge in [0, 0.05) is 38.3 Å². The molecule has 1 amide bonds. The van der Waals surface area contributed by atoms with Crippen LogP contribution in [0.5, 0.6) is 5.88 Å². The quantitative estimate of drug-likeness (QED) is 0.616. The van der Waals surface area contributed by atoms with E-state index in [-0.39, 0.29) is 12.0 Å². The second-order valence-electron chi connectivity index (χ2n) is 7.22. The first-order valence-electron chi connectivity index (χ1n) is 8.95. The lowest BCUT2D eigenvalue weighted by Crippen LogP contribution is -2.32. The Bertz CT molecular complexity index is 970. The summed E-state index contributed by atoms with van der Waals surface area (Å²) in [5, 5.41) is 12.4. The molecule has 0 aromatic carbocycles. The molecule has 7 nitrogen and oxygen atoms in total. The van der Waals surface area contributed by atoms with Crippen LogP contribution in [0.15, 0.2) is 29.0 Å². The van der Waals surface area contributed by atoms with E-state index in [1.54, 1.807) is 4.68 Å². The molecule has 0 bridgehead atoms. The molecule has 3 aromatic rings. The number of nitrogens with zero attached hydrogens (tertiary/aromatic N) is 5. The molecule has 3 aromatic heterocycles. The van der Waals surface area contributed by atoms with Crippen molar-refractivity contribution in [2.75, 3.05) is 13.1 Å². The molecule has 5 rings (SSSR count). The van der Waals surface area contributed by atoms with Crippen molar-refractivity contribution in [2.24, 2.45) is 18.9 Å². The lowest BCUT2D eigenvalue weighted by atomic mass is 9.99. The summed E-state index contributed by atoms with van der Waals surface area (Å²) in [7, 11) is 1.89. The van der Waals surface area contributed by atoms with Crippen LogP contribution in [-0.2, 0) is 7.05 Å². The van der Waals surface area contributed by atoms with Crippen molar-refractivity contribution < 1.29 is 9.53 Å². The maximum Gasteiger partial charge on any atom is 0.264 e. The number of rotatable bonds is 3. The molecule has 2 fully saturated rings. The number of aryl methyl sites for hydroxylation is 1. The SMILES string of the molecule is Cn1cc2sc(C(=O)N3C[C@@H]4CC[C@@H](Oc5ccc(Br)nn5)[C@@H]4C3)cc2n1. The van der Waals surface area contributed by atoms with E-state index in [2.05, 4.69) is 31.2 Å². The van der Waals surface area contributed by atoms with Crippen LogP contribution in [0.25, 0.3) is 10.2 Å². The Morgan fingerprint density at radius 1 is 1.30 bits per heavy atom. The molecule has 1 saturated carbocycles. The van der Waals surface area contributed by atoms with Gasteiger partial charge in [0.2, 0.25) is 5.88 Å². The lowest BCUT2D eigenvalue weighted by Gasteiger charge is -2.21. The largest absolute Gasteiger partial charge is 0.473 e. The number of amides is 1. The van der Waals surface area contributed by atoms with E-state index >= 15 is 0 Å². The summed E-state index contributed by atoms with van der Waals surface area (Å²) in [5.41, 5.74) is 0.889. The number of likely N-dealkylation sites (tertiary alicyclic amines) is 1. The number of carbonyl (C=O) groups is 1. The van der Waals surface area contributed by atoms with Crippen molar-refractivity contribution in [3.8, 4) is 5.88 Å². The first kappa shape index (κ1) is 17.1. The Kier molecular flexibility index (Phi) is 4.16. The third kappa shape index (κ3) is 3.12. The number of aromatic nitrogens is 4. The van der Waals surface area contributed by atoms with Crippen molar-refractivity contribution in [1.29, 1.82) is 0 Å². The molecule has 0 spiro atoms. The average molecular weight is 448 g/mol. The topological polar surface area (TPSA) is 73.1 Å².